The lowest BCUT2D eigenvalue weighted by atomic mass is 9.83. The molecule has 3 unspecified atom stereocenters. The number of carbonyl (C=O) groups is 1. The van der Waals surface area contributed by atoms with Crippen LogP contribution >= 0.6 is 0 Å². The lowest BCUT2D eigenvalue weighted by molar-refractivity contribution is -0.274. The number of hydrogen-bond acceptors (Lipinski definition) is 4. The number of fused-ring (bicyclic) bond motifs is 1. The first-order valence-electron chi connectivity index (χ1n) is 15.6. The molecule has 46 heavy (non-hydrogen) atoms. The van der Waals surface area contributed by atoms with E-state index in [1.807, 2.05) is 25.3 Å². The summed E-state index contributed by atoms with van der Waals surface area (Å²) in [6.07, 6.45) is -9.15. The fourth-order valence-corrected chi connectivity index (χ4v) is 6.05. The molecule has 0 saturated heterocycles. The van der Waals surface area contributed by atoms with Crippen LogP contribution < -0.4 is 9.47 Å². The van der Waals surface area contributed by atoms with Crippen LogP contribution in [0.25, 0.3) is 22.2 Å². The molecule has 0 N–H and O–H groups in total. The van der Waals surface area contributed by atoms with E-state index in [4.69, 9.17) is 9.47 Å². The van der Waals surface area contributed by atoms with Gasteiger partial charge in [-0.1, -0.05) is 46.3 Å². The SMILES string of the molecule is C=C(C)C(=O)OC1CCC(Oc2ccc3cc(-c4ccc(CCCCC)cc4OC(F)(F)F)n(CC(C)C)c3c2)C1(C)C(F)(F)F. The van der Waals surface area contributed by atoms with Crippen LogP contribution in [0.4, 0.5) is 26.3 Å². The van der Waals surface area contributed by atoms with Gasteiger partial charge in [-0.3, -0.25) is 0 Å². The van der Waals surface area contributed by atoms with E-state index in [-0.39, 0.29) is 41.4 Å². The van der Waals surface area contributed by atoms with Crippen molar-refractivity contribution in [1.82, 2.24) is 4.57 Å². The highest BCUT2D eigenvalue weighted by Crippen LogP contribution is 2.53. The van der Waals surface area contributed by atoms with Crippen LogP contribution in [0.2, 0.25) is 0 Å². The third-order valence-corrected chi connectivity index (χ3v) is 8.56. The smallest absolute Gasteiger partial charge is 0.489 e. The van der Waals surface area contributed by atoms with Gasteiger partial charge in [0.25, 0.3) is 0 Å². The van der Waals surface area contributed by atoms with E-state index < -0.39 is 36.1 Å². The Hall–Kier alpha value is -3.63. The molecule has 1 aliphatic rings. The summed E-state index contributed by atoms with van der Waals surface area (Å²) < 4.78 is 102. The van der Waals surface area contributed by atoms with Crippen molar-refractivity contribution >= 4 is 16.9 Å². The first-order valence-corrected chi connectivity index (χ1v) is 15.6. The highest BCUT2D eigenvalue weighted by Gasteiger charge is 2.66. The number of carbonyl (C=O) groups excluding carboxylic acids is 1. The zero-order valence-electron chi connectivity index (χ0n) is 26.8. The van der Waals surface area contributed by atoms with Gasteiger partial charge in [0.15, 0.2) is 0 Å². The van der Waals surface area contributed by atoms with Gasteiger partial charge < -0.3 is 18.8 Å². The van der Waals surface area contributed by atoms with Crippen LogP contribution in [-0.4, -0.2) is 35.3 Å². The van der Waals surface area contributed by atoms with Gasteiger partial charge in [-0.15, -0.1) is 13.2 Å². The highest BCUT2D eigenvalue weighted by atomic mass is 19.4. The lowest BCUT2D eigenvalue weighted by Gasteiger charge is -2.37. The average Bonchev–Trinajstić information content (AvgIpc) is 3.45. The third kappa shape index (κ3) is 7.66. The van der Waals surface area contributed by atoms with Gasteiger partial charge in [0.1, 0.15) is 29.1 Å². The maximum Gasteiger partial charge on any atom is 0.573 e. The Balaban J connectivity index is 1.76. The average molecular weight is 654 g/mol. The second-order valence-corrected chi connectivity index (χ2v) is 12.7. The summed E-state index contributed by atoms with van der Waals surface area (Å²) in [6, 6.07) is 11.4. The van der Waals surface area contributed by atoms with E-state index in [1.165, 1.54) is 13.0 Å². The summed E-state index contributed by atoms with van der Waals surface area (Å²) in [4.78, 5) is 12.1. The Bertz CT molecular complexity index is 1560. The molecule has 0 spiro atoms. The van der Waals surface area contributed by atoms with Crippen molar-refractivity contribution in [2.24, 2.45) is 11.3 Å². The van der Waals surface area contributed by atoms with E-state index in [0.29, 0.717) is 29.6 Å². The Morgan fingerprint density at radius 2 is 1.72 bits per heavy atom. The topological polar surface area (TPSA) is 49.7 Å². The molecule has 11 heteroatoms. The van der Waals surface area contributed by atoms with E-state index in [1.54, 1.807) is 36.4 Å². The number of alkyl halides is 6. The number of esters is 1. The highest BCUT2D eigenvalue weighted by molar-refractivity contribution is 5.89. The van der Waals surface area contributed by atoms with Crippen LogP contribution in [0.15, 0.2) is 54.6 Å². The monoisotopic (exact) mass is 653 g/mol. The minimum atomic E-state index is -4.91. The number of aromatic nitrogens is 1. The summed E-state index contributed by atoms with van der Waals surface area (Å²) in [5.74, 6) is -0.976. The number of ether oxygens (including phenoxy) is 3. The molecule has 3 aromatic rings. The fraction of sp³-hybridized carbons (Fsp3) is 0.514. The Morgan fingerprint density at radius 1 is 1.02 bits per heavy atom. The Kier molecular flexibility index (Phi) is 10.4. The van der Waals surface area contributed by atoms with Crippen molar-refractivity contribution in [2.75, 3.05) is 0 Å². The molecule has 0 aliphatic heterocycles. The molecular weight excluding hydrogens is 612 g/mol. The predicted octanol–water partition coefficient (Wildman–Crippen LogP) is 10.2. The van der Waals surface area contributed by atoms with Crippen molar-refractivity contribution in [3.63, 3.8) is 0 Å². The number of nitrogens with zero attached hydrogens (tertiary/aromatic N) is 1. The van der Waals surface area contributed by atoms with E-state index in [2.05, 4.69) is 11.3 Å². The van der Waals surface area contributed by atoms with E-state index in [9.17, 15) is 31.1 Å². The van der Waals surface area contributed by atoms with E-state index >= 15 is 0 Å². The molecule has 2 aromatic carbocycles. The van der Waals surface area contributed by atoms with Gasteiger partial charge in [-0.2, -0.15) is 13.2 Å². The summed E-state index contributed by atoms with van der Waals surface area (Å²) in [5, 5.41) is 0.672. The van der Waals surface area contributed by atoms with Crippen molar-refractivity contribution in [1.29, 1.82) is 0 Å². The van der Waals surface area contributed by atoms with Gasteiger partial charge in [-0.25, -0.2) is 4.79 Å². The number of halogens is 6. The van der Waals surface area contributed by atoms with Crippen molar-refractivity contribution in [3.05, 3.63) is 60.2 Å². The van der Waals surface area contributed by atoms with Gasteiger partial charge in [-0.05, 0) is 81.3 Å². The summed E-state index contributed by atoms with van der Waals surface area (Å²) in [5.41, 5.74) is -0.443. The normalized spacial score (nSPS) is 20.3. The van der Waals surface area contributed by atoms with Crippen molar-refractivity contribution in [2.45, 2.75) is 104 Å². The van der Waals surface area contributed by atoms with Gasteiger partial charge in [0.2, 0.25) is 0 Å². The number of unbranched alkanes of at least 4 members (excludes halogenated alkanes) is 2. The second-order valence-electron chi connectivity index (χ2n) is 12.7. The quantitative estimate of drug-likeness (QED) is 0.0845. The number of aryl methyl sites for hydroxylation is 1. The fourth-order valence-electron chi connectivity index (χ4n) is 6.05. The summed E-state index contributed by atoms with van der Waals surface area (Å²) in [6.45, 7) is 12.2. The summed E-state index contributed by atoms with van der Waals surface area (Å²) >= 11 is 0. The molecule has 1 saturated carbocycles. The maximum atomic E-state index is 14.5. The third-order valence-electron chi connectivity index (χ3n) is 8.56. The van der Waals surface area contributed by atoms with Gasteiger partial charge >= 0.3 is 18.5 Å². The number of benzene rings is 2. The molecule has 4 rings (SSSR count). The molecular formula is C35H41F6NO4. The molecule has 3 atom stereocenters. The molecule has 0 bridgehead atoms. The number of hydrogen-bond donors (Lipinski definition) is 0. The minimum Gasteiger partial charge on any atom is -0.489 e. The molecule has 1 aromatic heterocycles. The molecule has 5 nitrogen and oxygen atoms in total. The lowest BCUT2D eigenvalue weighted by Crippen LogP contribution is -2.51. The van der Waals surface area contributed by atoms with Crippen LogP contribution in [0.3, 0.4) is 0 Å². The van der Waals surface area contributed by atoms with Gasteiger partial charge in [0.05, 0.1) is 11.2 Å². The zero-order chi connectivity index (χ0) is 34.0. The zero-order valence-corrected chi connectivity index (χ0v) is 26.8. The van der Waals surface area contributed by atoms with Crippen LogP contribution in [0.1, 0.15) is 72.3 Å². The first kappa shape index (κ1) is 35.2. The molecule has 252 valence electrons. The van der Waals surface area contributed by atoms with E-state index in [0.717, 1.165) is 31.7 Å². The molecule has 0 amide bonds. The largest absolute Gasteiger partial charge is 0.573 e. The predicted molar refractivity (Wildman–Crippen MR) is 165 cm³/mol. The van der Waals surface area contributed by atoms with Crippen LogP contribution in [-0.2, 0) is 22.5 Å². The minimum absolute atomic E-state index is 0.00372. The summed E-state index contributed by atoms with van der Waals surface area (Å²) in [7, 11) is 0. The van der Waals surface area contributed by atoms with Crippen molar-refractivity contribution < 1.29 is 45.3 Å². The Labute approximate surface area is 265 Å². The standard InChI is InChI=1S/C35H41F6NO4/c1-7-8-9-10-23-11-14-26(29(17-23)46-35(39,40)41)28-18-24-12-13-25(19-27(24)42(28)20-21(2)3)44-30-15-16-31(45-32(43)22(4)5)33(30,6)34(36,37)38/h11-14,17-19,21,30-31H,4,7-10,15-16,20H2,1-3,5-6H3. The van der Waals surface area contributed by atoms with Crippen LogP contribution in [0.5, 0.6) is 11.5 Å². The molecule has 1 heterocycles. The first-order chi connectivity index (χ1) is 21.4. The molecule has 1 aliphatic carbocycles. The molecule has 1 fully saturated rings. The van der Waals surface area contributed by atoms with Crippen molar-refractivity contribution in [3.8, 4) is 22.8 Å². The second kappa shape index (κ2) is 13.6. The number of rotatable bonds is 12. The van der Waals surface area contributed by atoms with Crippen LogP contribution in [0, 0.1) is 11.3 Å². The molecule has 0 radical (unpaired) electrons. The maximum absolute atomic E-state index is 14.5. The van der Waals surface area contributed by atoms with Gasteiger partial charge in [0, 0.05) is 29.1 Å². The Morgan fingerprint density at radius 3 is 2.33 bits per heavy atom.